The Morgan fingerprint density at radius 2 is 1.85 bits per heavy atom. The first-order chi connectivity index (χ1) is 12.5. The first kappa shape index (κ1) is 19.9. The summed E-state index contributed by atoms with van der Waals surface area (Å²) in [5, 5.41) is 12.1. The molecular formula is C19H18Cl2N2O3. The monoisotopic (exact) mass is 392 g/mol. The maximum Gasteiger partial charge on any atom is 0.234 e. The van der Waals surface area contributed by atoms with E-state index in [1.165, 1.54) is 0 Å². The normalized spacial score (nSPS) is 10.1. The number of rotatable bonds is 8. The third kappa shape index (κ3) is 5.83. The van der Waals surface area contributed by atoms with E-state index in [0.29, 0.717) is 41.3 Å². The number of hydrogen-bond donors (Lipinski definition) is 1. The van der Waals surface area contributed by atoms with Crippen LogP contribution in [0.5, 0.6) is 11.5 Å². The summed E-state index contributed by atoms with van der Waals surface area (Å²) in [6, 6.07) is 12.5. The molecule has 0 saturated heterocycles. The van der Waals surface area contributed by atoms with Crippen molar-refractivity contribution in [3.63, 3.8) is 0 Å². The molecule has 1 N–H and O–H groups in total. The van der Waals surface area contributed by atoms with Crippen LogP contribution in [0.3, 0.4) is 0 Å². The summed E-state index contributed by atoms with van der Waals surface area (Å²) in [6.45, 7) is 2.99. The molecule has 0 fully saturated rings. The zero-order valence-electron chi connectivity index (χ0n) is 14.2. The van der Waals surface area contributed by atoms with Gasteiger partial charge in [-0.1, -0.05) is 35.3 Å². The Labute approximate surface area is 162 Å². The van der Waals surface area contributed by atoms with E-state index < -0.39 is 0 Å². The van der Waals surface area contributed by atoms with Crippen LogP contribution in [-0.4, -0.2) is 12.5 Å². The second kappa shape index (κ2) is 9.91. The Morgan fingerprint density at radius 1 is 1.08 bits per heavy atom. The third-order valence-corrected chi connectivity index (χ3v) is 4.15. The number of amides is 1. The van der Waals surface area contributed by atoms with Crippen molar-refractivity contribution >= 4 is 29.1 Å². The van der Waals surface area contributed by atoms with Crippen LogP contribution in [0.25, 0.3) is 0 Å². The minimum Gasteiger partial charge on any atom is -0.490 e. The summed E-state index contributed by atoms with van der Waals surface area (Å²) in [4.78, 5) is 11.4. The fourth-order valence-corrected chi connectivity index (χ4v) is 2.50. The Bertz CT molecular complexity index is 819. The smallest absolute Gasteiger partial charge is 0.234 e. The average molecular weight is 393 g/mol. The van der Waals surface area contributed by atoms with E-state index in [1.54, 1.807) is 24.3 Å². The molecule has 0 aliphatic carbocycles. The molecule has 136 valence electrons. The van der Waals surface area contributed by atoms with Gasteiger partial charge in [0.1, 0.15) is 13.0 Å². The van der Waals surface area contributed by atoms with Crippen LogP contribution in [0.1, 0.15) is 24.5 Å². The van der Waals surface area contributed by atoms with Gasteiger partial charge in [0, 0.05) is 6.54 Å². The van der Waals surface area contributed by atoms with Gasteiger partial charge < -0.3 is 14.8 Å². The zero-order valence-corrected chi connectivity index (χ0v) is 15.7. The van der Waals surface area contributed by atoms with Crippen molar-refractivity contribution in [2.24, 2.45) is 0 Å². The molecule has 2 rings (SSSR count). The average Bonchev–Trinajstić information content (AvgIpc) is 2.62. The number of carbonyl (C=O) groups is 1. The fourth-order valence-electron chi connectivity index (χ4n) is 2.18. The van der Waals surface area contributed by atoms with Crippen LogP contribution < -0.4 is 14.8 Å². The Hall–Kier alpha value is -2.42. The highest BCUT2D eigenvalue weighted by atomic mass is 35.5. The van der Waals surface area contributed by atoms with E-state index in [4.69, 9.17) is 37.9 Å². The van der Waals surface area contributed by atoms with Gasteiger partial charge in [0.2, 0.25) is 5.91 Å². The molecule has 0 unspecified atom stereocenters. The van der Waals surface area contributed by atoms with E-state index in [2.05, 4.69) is 5.32 Å². The number of nitrogens with zero attached hydrogens (tertiary/aromatic N) is 1. The molecule has 2 aromatic carbocycles. The zero-order chi connectivity index (χ0) is 18.9. The summed E-state index contributed by atoms with van der Waals surface area (Å²) in [5.74, 6) is 0.856. The number of ether oxygens (including phenoxy) is 2. The van der Waals surface area contributed by atoms with Gasteiger partial charge in [0.05, 0.1) is 22.7 Å². The Morgan fingerprint density at radius 3 is 2.54 bits per heavy atom. The Kier molecular flexibility index (Phi) is 7.58. The Balaban J connectivity index is 2.06. The molecule has 0 aliphatic rings. The van der Waals surface area contributed by atoms with Gasteiger partial charge in [-0.15, -0.1) is 0 Å². The highest BCUT2D eigenvalue weighted by Gasteiger charge is 2.09. The predicted octanol–water partition coefficient (Wildman–Crippen LogP) is 4.50. The SMILES string of the molecule is CCOc1cc(CNC(=O)CC#N)ccc1OCc1ccc(Cl)c(Cl)c1. The van der Waals surface area contributed by atoms with E-state index in [-0.39, 0.29) is 12.3 Å². The minimum absolute atomic E-state index is 0.164. The van der Waals surface area contributed by atoms with E-state index in [0.717, 1.165) is 11.1 Å². The van der Waals surface area contributed by atoms with Crippen molar-refractivity contribution in [2.45, 2.75) is 26.5 Å². The van der Waals surface area contributed by atoms with Gasteiger partial charge in [-0.05, 0) is 42.3 Å². The van der Waals surface area contributed by atoms with Gasteiger partial charge in [-0.3, -0.25) is 4.79 Å². The van der Waals surface area contributed by atoms with E-state index >= 15 is 0 Å². The minimum atomic E-state index is -0.314. The lowest BCUT2D eigenvalue weighted by atomic mass is 10.2. The molecule has 2 aromatic rings. The van der Waals surface area contributed by atoms with Gasteiger partial charge in [-0.2, -0.15) is 5.26 Å². The number of hydrogen-bond acceptors (Lipinski definition) is 4. The quantitative estimate of drug-likeness (QED) is 0.717. The highest BCUT2D eigenvalue weighted by molar-refractivity contribution is 6.42. The first-order valence-corrected chi connectivity index (χ1v) is 8.75. The molecule has 0 radical (unpaired) electrons. The van der Waals surface area contributed by atoms with Crippen LogP contribution in [-0.2, 0) is 17.9 Å². The van der Waals surface area contributed by atoms with Crippen LogP contribution >= 0.6 is 23.2 Å². The summed E-state index contributed by atoms with van der Waals surface area (Å²) < 4.78 is 11.5. The van der Waals surface area contributed by atoms with Crippen molar-refractivity contribution in [2.75, 3.05) is 6.61 Å². The molecule has 0 atom stereocenters. The molecule has 0 aliphatic heterocycles. The summed E-state index contributed by atoms with van der Waals surface area (Å²) in [7, 11) is 0. The molecule has 26 heavy (non-hydrogen) atoms. The summed E-state index contributed by atoms with van der Waals surface area (Å²) >= 11 is 11.9. The standard InChI is InChI=1S/C19H18Cl2N2O3/c1-2-25-18-10-13(11-23-19(24)7-8-22)4-6-17(18)26-12-14-3-5-15(20)16(21)9-14/h3-6,9-10H,2,7,11-12H2,1H3,(H,23,24). The fraction of sp³-hybridized carbons (Fsp3) is 0.263. The van der Waals surface area contributed by atoms with Gasteiger partial charge in [-0.25, -0.2) is 0 Å². The number of halogens is 2. The van der Waals surface area contributed by atoms with Crippen molar-refractivity contribution < 1.29 is 14.3 Å². The van der Waals surface area contributed by atoms with Crippen LogP contribution in [0, 0.1) is 11.3 Å². The molecule has 7 heteroatoms. The molecule has 0 aromatic heterocycles. The largest absolute Gasteiger partial charge is 0.490 e. The third-order valence-electron chi connectivity index (χ3n) is 3.42. The lowest BCUT2D eigenvalue weighted by Crippen LogP contribution is -2.21. The van der Waals surface area contributed by atoms with Crippen molar-refractivity contribution in [1.29, 1.82) is 5.26 Å². The summed E-state index contributed by atoms with van der Waals surface area (Å²) in [5.41, 5.74) is 1.73. The second-order valence-electron chi connectivity index (χ2n) is 5.36. The molecule has 0 spiro atoms. The highest BCUT2D eigenvalue weighted by Crippen LogP contribution is 2.30. The van der Waals surface area contributed by atoms with Crippen molar-refractivity contribution in [3.05, 3.63) is 57.6 Å². The van der Waals surface area contributed by atoms with Crippen LogP contribution in [0.2, 0.25) is 10.0 Å². The number of nitrogens with one attached hydrogen (secondary N) is 1. The molecular weight excluding hydrogens is 375 g/mol. The number of carbonyl (C=O) groups excluding carboxylic acids is 1. The molecule has 0 heterocycles. The van der Waals surface area contributed by atoms with Gasteiger partial charge in [0.15, 0.2) is 11.5 Å². The van der Waals surface area contributed by atoms with Gasteiger partial charge >= 0.3 is 0 Å². The summed E-state index contributed by atoms with van der Waals surface area (Å²) in [6.07, 6.45) is -0.164. The lowest BCUT2D eigenvalue weighted by molar-refractivity contribution is -0.120. The van der Waals surface area contributed by atoms with E-state index in [1.807, 2.05) is 25.1 Å². The van der Waals surface area contributed by atoms with Gasteiger partial charge in [0.25, 0.3) is 0 Å². The second-order valence-corrected chi connectivity index (χ2v) is 6.18. The molecule has 5 nitrogen and oxygen atoms in total. The molecule has 1 amide bonds. The number of nitriles is 1. The molecule has 0 saturated carbocycles. The van der Waals surface area contributed by atoms with Crippen LogP contribution in [0.4, 0.5) is 0 Å². The van der Waals surface area contributed by atoms with Crippen molar-refractivity contribution in [1.82, 2.24) is 5.32 Å². The van der Waals surface area contributed by atoms with E-state index in [9.17, 15) is 4.79 Å². The maximum atomic E-state index is 11.4. The van der Waals surface area contributed by atoms with Crippen LogP contribution in [0.15, 0.2) is 36.4 Å². The maximum absolute atomic E-state index is 11.4. The number of benzene rings is 2. The molecule has 0 bridgehead atoms. The lowest BCUT2D eigenvalue weighted by Gasteiger charge is -2.14. The van der Waals surface area contributed by atoms with Crippen molar-refractivity contribution in [3.8, 4) is 17.6 Å². The topological polar surface area (TPSA) is 71.3 Å². The predicted molar refractivity (Wildman–Crippen MR) is 100 cm³/mol. The first-order valence-electron chi connectivity index (χ1n) is 7.99.